The predicted octanol–water partition coefficient (Wildman–Crippen LogP) is 8.00. The van der Waals surface area contributed by atoms with Crippen LogP contribution in [0.2, 0.25) is 25.7 Å². The van der Waals surface area contributed by atoms with Crippen LogP contribution in [0.3, 0.4) is 0 Å². The highest BCUT2D eigenvalue weighted by Gasteiger charge is 2.29. The number of hydrogen-bond acceptors (Lipinski definition) is 8. The van der Waals surface area contributed by atoms with E-state index in [9.17, 15) is 0 Å². The largest absolute Gasteiger partial charge is 0.489 e. The zero-order valence-electron chi connectivity index (χ0n) is 32.0. The van der Waals surface area contributed by atoms with Crippen molar-refractivity contribution >= 4 is 19.0 Å². The molecule has 0 saturated carbocycles. The molecule has 0 spiro atoms. The number of nitrogens with zero attached hydrogens (tertiary/aromatic N) is 7. The Labute approximate surface area is 313 Å². The topological polar surface area (TPSA) is 82.7 Å². The molecule has 2 fully saturated rings. The third-order valence-electron chi connectivity index (χ3n) is 10.3. The van der Waals surface area contributed by atoms with Gasteiger partial charge in [-0.15, -0.1) is 0 Å². The molecule has 4 heterocycles. The average molecular weight is 740 g/mol. The van der Waals surface area contributed by atoms with E-state index < -0.39 is 8.07 Å². The van der Waals surface area contributed by atoms with Crippen LogP contribution in [-0.4, -0.2) is 88.9 Å². The highest BCUT2D eigenvalue weighted by molar-refractivity contribution is 6.76. The van der Waals surface area contributed by atoms with Gasteiger partial charge in [0.15, 0.2) is 23.7 Å². The first-order valence-corrected chi connectivity index (χ1v) is 22.9. The lowest BCUT2D eigenvalue weighted by Crippen LogP contribution is -2.44. The van der Waals surface area contributed by atoms with Gasteiger partial charge < -0.3 is 19.1 Å². The minimum atomic E-state index is -1.28. The van der Waals surface area contributed by atoms with Gasteiger partial charge in [-0.1, -0.05) is 69.0 Å². The van der Waals surface area contributed by atoms with E-state index in [-0.39, 0.29) is 18.8 Å². The summed E-state index contributed by atoms with van der Waals surface area (Å²) in [5, 5.41) is 10.8. The fourth-order valence-electron chi connectivity index (χ4n) is 7.10. The third kappa shape index (κ3) is 8.89. The molecule has 282 valence electrons. The number of fused-ring (bicyclic) bond motifs is 1. The lowest BCUT2D eigenvalue weighted by Gasteiger charge is -2.31. The molecule has 0 radical (unpaired) electrons. The van der Waals surface area contributed by atoms with Crippen LogP contribution in [0.25, 0.3) is 33.5 Å². The second-order valence-corrected chi connectivity index (χ2v) is 21.3. The summed E-state index contributed by atoms with van der Waals surface area (Å²) < 4.78 is 39.5. The van der Waals surface area contributed by atoms with Crippen LogP contribution in [-0.2, 0) is 35.8 Å². The number of benzene rings is 3. The number of piperazine rings is 1. The second kappa shape index (κ2) is 16.6. The van der Waals surface area contributed by atoms with Crippen molar-refractivity contribution in [1.82, 2.24) is 34.3 Å². The Morgan fingerprint density at radius 3 is 2.47 bits per heavy atom. The Bertz CT molecular complexity index is 1980. The molecule has 2 saturated heterocycles. The molecule has 2 aliphatic rings. The van der Waals surface area contributed by atoms with Gasteiger partial charge in [0.25, 0.3) is 0 Å². The van der Waals surface area contributed by atoms with Crippen LogP contribution in [0, 0.1) is 5.82 Å². The summed E-state index contributed by atoms with van der Waals surface area (Å²) in [5.41, 5.74) is 4.49. The van der Waals surface area contributed by atoms with Gasteiger partial charge in [-0.25, -0.2) is 18.7 Å². The van der Waals surface area contributed by atoms with Crippen molar-refractivity contribution in [3.63, 3.8) is 0 Å². The Kier molecular flexibility index (Phi) is 11.7. The molecular weight excluding hydrogens is 686 g/mol. The molecule has 1 atom stereocenters. The van der Waals surface area contributed by atoms with Crippen molar-refractivity contribution in [3.05, 3.63) is 83.4 Å². The third-order valence-corrected chi connectivity index (χ3v) is 12.0. The molecule has 53 heavy (non-hydrogen) atoms. The van der Waals surface area contributed by atoms with E-state index in [1.54, 1.807) is 4.68 Å². The zero-order chi connectivity index (χ0) is 37.0. The van der Waals surface area contributed by atoms with Gasteiger partial charge in [0.1, 0.15) is 30.3 Å². The molecular formula is C41H54FN7O3Si. The summed E-state index contributed by atoms with van der Waals surface area (Å²) >= 11 is 0. The fraction of sp³-hybridized carbons (Fsp3) is 0.488. The first kappa shape index (κ1) is 37.4. The number of likely N-dealkylation sites (N-methyl/N-ethyl adjacent to an activating group) is 1. The van der Waals surface area contributed by atoms with Gasteiger partial charge in [0.05, 0.1) is 6.54 Å². The Hall–Kier alpha value is -3.94. The van der Waals surface area contributed by atoms with E-state index in [4.69, 9.17) is 29.4 Å². The van der Waals surface area contributed by atoms with Crippen LogP contribution in [0.4, 0.5) is 4.39 Å². The predicted molar refractivity (Wildman–Crippen MR) is 210 cm³/mol. The van der Waals surface area contributed by atoms with E-state index in [2.05, 4.69) is 43.4 Å². The Morgan fingerprint density at radius 1 is 0.943 bits per heavy atom. The quantitative estimate of drug-likeness (QED) is 0.0838. The van der Waals surface area contributed by atoms with Crippen molar-refractivity contribution in [2.75, 3.05) is 46.4 Å². The maximum atomic E-state index is 17.3. The minimum absolute atomic E-state index is 0.253. The number of rotatable bonds is 14. The maximum Gasteiger partial charge on any atom is 0.181 e. The molecule has 0 bridgehead atoms. The van der Waals surface area contributed by atoms with E-state index in [1.165, 1.54) is 0 Å². The lowest BCUT2D eigenvalue weighted by atomic mass is 9.96. The molecule has 0 amide bonds. The fourth-order valence-corrected chi connectivity index (χ4v) is 7.86. The Balaban J connectivity index is 1.27. The number of aryl methyl sites for hydroxylation is 1. The van der Waals surface area contributed by atoms with Crippen LogP contribution in [0.5, 0.6) is 5.75 Å². The van der Waals surface area contributed by atoms with E-state index in [1.807, 2.05) is 65.3 Å². The van der Waals surface area contributed by atoms with Crippen LogP contribution < -0.4 is 4.74 Å². The van der Waals surface area contributed by atoms with Crippen LogP contribution in [0.1, 0.15) is 49.4 Å². The molecule has 2 aliphatic heterocycles. The van der Waals surface area contributed by atoms with E-state index in [0.29, 0.717) is 60.2 Å². The highest BCUT2D eigenvalue weighted by Crippen LogP contribution is 2.39. The normalized spacial score (nSPS) is 17.5. The number of aromatic nitrogens is 5. The van der Waals surface area contributed by atoms with Crippen molar-refractivity contribution in [2.45, 2.75) is 84.4 Å². The monoisotopic (exact) mass is 739 g/mol. The average Bonchev–Trinajstić information content (AvgIpc) is 3.75. The van der Waals surface area contributed by atoms with Gasteiger partial charge in [-0.05, 0) is 73.7 Å². The van der Waals surface area contributed by atoms with Gasteiger partial charge in [0, 0.05) is 58.4 Å². The van der Waals surface area contributed by atoms with Gasteiger partial charge >= 0.3 is 0 Å². The molecule has 0 aliphatic carbocycles. The molecule has 0 N–H and O–H groups in total. The maximum absolute atomic E-state index is 17.3. The van der Waals surface area contributed by atoms with Crippen LogP contribution in [0.15, 0.2) is 60.7 Å². The number of hydrogen-bond donors (Lipinski definition) is 0. The molecule has 2 aromatic heterocycles. The Morgan fingerprint density at radius 2 is 1.74 bits per heavy atom. The molecule has 1 unspecified atom stereocenters. The lowest BCUT2D eigenvalue weighted by molar-refractivity contribution is -0.0368. The summed E-state index contributed by atoms with van der Waals surface area (Å²) in [5.74, 6) is 1.74. The number of ether oxygens (including phenoxy) is 3. The summed E-state index contributed by atoms with van der Waals surface area (Å²) in [6, 6.07) is 21.0. The number of halogens is 1. The van der Waals surface area contributed by atoms with Gasteiger partial charge in [-0.2, -0.15) is 10.2 Å². The first-order chi connectivity index (χ1) is 25.7. The minimum Gasteiger partial charge on any atom is -0.489 e. The molecule has 12 heteroatoms. The smallest absolute Gasteiger partial charge is 0.181 e. The van der Waals surface area contributed by atoms with E-state index >= 15 is 4.39 Å². The second-order valence-electron chi connectivity index (χ2n) is 15.7. The molecule has 5 aromatic rings. The zero-order valence-corrected chi connectivity index (χ0v) is 33.0. The highest BCUT2D eigenvalue weighted by atomic mass is 28.3. The van der Waals surface area contributed by atoms with Crippen molar-refractivity contribution in [1.29, 1.82) is 0 Å². The molecule has 7 rings (SSSR count). The summed E-state index contributed by atoms with van der Waals surface area (Å²) in [6.07, 6.45) is 3.08. The summed E-state index contributed by atoms with van der Waals surface area (Å²) in [6.45, 7) is 15.7. The van der Waals surface area contributed by atoms with Gasteiger partial charge in [0.2, 0.25) is 0 Å². The van der Waals surface area contributed by atoms with Crippen molar-refractivity contribution in [2.24, 2.45) is 0 Å². The first-order valence-electron chi connectivity index (χ1n) is 19.2. The van der Waals surface area contributed by atoms with E-state index in [0.717, 1.165) is 80.3 Å². The summed E-state index contributed by atoms with van der Waals surface area (Å²) in [4.78, 5) is 9.82. The molecule has 10 nitrogen and oxygen atoms in total. The SMILES string of the molecule is CCc1cc(OCc2ccccc2)ccc1-c1ccc2c(-c3nc(CN4CCN(C)CC4)nn3COCC[Si](C)(C)C)nn(C3CCCCO3)c2c1F. The van der Waals surface area contributed by atoms with Gasteiger partial charge in [-0.3, -0.25) is 4.90 Å². The summed E-state index contributed by atoms with van der Waals surface area (Å²) in [7, 11) is 0.872. The molecule has 3 aromatic carbocycles. The van der Waals surface area contributed by atoms with Crippen LogP contribution >= 0.6 is 0 Å². The standard InChI is InChI=1S/C41H54FN7O3Si/c1-6-31-26-32(52-28-30-12-8-7-9-13-30)15-16-33(31)34-17-18-35-39(45-49(40(35)38(34)42)37-14-10-11-23-51-37)41-43-36(27-47-21-19-46(2)20-22-47)44-48(41)29-50-24-25-53(3,4)5/h7-9,12-13,15-18,26,37H,6,10-11,14,19-25,27-29H2,1-5H3. The van der Waals surface area contributed by atoms with Crippen molar-refractivity contribution in [3.8, 4) is 28.4 Å². The van der Waals surface area contributed by atoms with Crippen molar-refractivity contribution < 1.29 is 18.6 Å².